The Morgan fingerprint density at radius 1 is 1.33 bits per heavy atom. The SMILES string of the molecule is CC1=C([C@H](O)CC/C(C)=C/c2cc(Br)ccc2O)[C@H](CO)[C@@H]2C(=O)N(C)C(=O)[C@@H]2C1. The van der Waals surface area contributed by atoms with Crippen LogP contribution in [-0.2, 0) is 9.59 Å². The van der Waals surface area contributed by atoms with Crippen molar-refractivity contribution >= 4 is 33.8 Å². The second-order valence-electron chi connectivity index (χ2n) is 8.34. The van der Waals surface area contributed by atoms with Gasteiger partial charge in [0.1, 0.15) is 5.75 Å². The number of allylic oxidation sites excluding steroid dienone is 2. The average molecular weight is 478 g/mol. The Morgan fingerprint density at radius 3 is 2.70 bits per heavy atom. The minimum Gasteiger partial charge on any atom is -0.507 e. The van der Waals surface area contributed by atoms with Gasteiger partial charge in [-0.05, 0) is 56.9 Å². The molecule has 0 bridgehead atoms. The Kier molecular flexibility index (Phi) is 6.84. The number of phenolic OH excluding ortho intramolecular Hbond substituents is 1. The summed E-state index contributed by atoms with van der Waals surface area (Å²) in [6.45, 7) is 3.52. The molecule has 0 saturated carbocycles. The van der Waals surface area contributed by atoms with Gasteiger partial charge in [-0.2, -0.15) is 0 Å². The molecule has 7 heteroatoms. The highest BCUT2D eigenvalue weighted by Gasteiger charge is 2.53. The summed E-state index contributed by atoms with van der Waals surface area (Å²) in [5.74, 6) is -1.89. The molecule has 1 aromatic carbocycles. The predicted octanol–water partition coefficient (Wildman–Crippen LogP) is 3.26. The molecule has 1 heterocycles. The molecule has 1 fully saturated rings. The lowest BCUT2D eigenvalue weighted by Crippen LogP contribution is -2.38. The number of aliphatic hydroxyl groups is 2. The fourth-order valence-corrected chi connectivity index (χ4v) is 5.15. The number of imide groups is 1. The normalized spacial score (nSPS) is 25.7. The zero-order chi connectivity index (χ0) is 22.2. The van der Waals surface area contributed by atoms with E-state index in [-0.39, 0.29) is 24.2 Å². The number of phenols is 1. The van der Waals surface area contributed by atoms with Gasteiger partial charge >= 0.3 is 0 Å². The van der Waals surface area contributed by atoms with Gasteiger partial charge in [-0.3, -0.25) is 14.5 Å². The highest BCUT2D eigenvalue weighted by molar-refractivity contribution is 9.10. The van der Waals surface area contributed by atoms with Crippen LogP contribution in [-0.4, -0.2) is 51.8 Å². The van der Waals surface area contributed by atoms with Crippen LogP contribution in [0, 0.1) is 17.8 Å². The average Bonchev–Trinajstić information content (AvgIpc) is 2.91. The Morgan fingerprint density at radius 2 is 2.03 bits per heavy atom. The molecule has 162 valence electrons. The number of carbonyl (C=O) groups excluding carboxylic acids is 2. The first-order valence-corrected chi connectivity index (χ1v) is 10.9. The number of benzene rings is 1. The minimum atomic E-state index is -0.809. The molecule has 6 nitrogen and oxygen atoms in total. The van der Waals surface area contributed by atoms with E-state index in [4.69, 9.17) is 0 Å². The number of carbonyl (C=O) groups is 2. The van der Waals surface area contributed by atoms with E-state index in [1.807, 2.05) is 26.0 Å². The predicted molar refractivity (Wildman–Crippen MR) is 117 cm³/mol. The van der Waals surface area contributed by atoms with E-state index in [0.29, 0.717) is 30.4 Å². The summed E-state index contributed by atoms with van der Waals surface area (Å²) in [5, 5.41) is 31.0. The Balaban J connectivity index is 1.76. The second-order valence-corrected chi connectivity index (χ2v) is 9.26. The number of hydrogen-bond donors (Lipinski definition) is 3. The Hall–Kier alpha value is -1.96. The van der Waals surface area contributed by atoms with Crippen molar-refractivity contribution in [2.24, 2.45) is 17.8 Å². The maximum atomic E-state index is 12.6. The molecule has 4 atom stereocenters. The van der Waals surface area contributed by atoms with Gasteiger partial charge in [-0.15, -0.1) is 0 Å². The molecule has 1 aliphatic carbocycles. The maximum absolute atomic E-state index is 12.6. The van der Waals surface area contributed by atoms with Crippen LogP contribution in [0.15, 0.2) is 39.4 Å². The lowest BCUT2D eigenvalue weighted by molar-refractivity contribution is -0.138. The van der Waals surface area contributed by atoms with Gasteiger partial charge in [0.25, 0.3) is 0 Å². The summed E-state index contributed by atoms with van der Waals surface area (Å²) in [7, 11) is 1.48. The van der Waals surface area contributed by atoms with Crippen molar-refractivity contribution in [1.82, 2.24) is 4.90 Å². The molecule has 3 N–H and O–H groups in total. The number of nitrogens with zero attached hydrogens (tertiary/aromatic N) is 1. The summed E-state index contributed by atoms with van der Waals surface area (Å²) < 4.78 is 0.864. The summed E-state index contributed by atoms with van der Waals surface area (Å²) in [5.41, 5.74) is 3.25. The van der Waals surface area contributed by atoms with E-state index in [9.17, 15) is 24.9 Å². The maximum Gasteiger partial charge on any atom is 0.233 e. The molecular formula is C23H28BrNO5. The van der Waals surface area contributed by atoms with Crippen LogP contribution in [0.25, 0.3) is 6.08 Å². The van der Waals surface area contributed by atoms with Crippen molar-refractivity contribution in [2.45, 2.75) is 39.2 Å². The van der Waals surface area contributed by atoms with Crippen molar-refractivity contribution in [3.63, 3.8) is 0 Å². The molecule has 0 spiro atoms. The van der Waals surface area contributed by atoms with E-state index < -0.39 is 23.9 Å². The topological polar surface area (TPSA) is 98.1 Å². The highest BCUT2D eigenvalue weighted by atomic mass is 79.9. The summed E-state index contributed by atoms with van der Waals surface area (Å²) in [4.78, 5) is 26.1. The van der Waals surface area contributed by atoms with Gasteiger partial charge in [0.05, 0.1) is 24.5 Å². The third-order valence-electron chi connectivity index (χ3n) is 6.31. The van der Waals surface area contributed by atoms with Crippen LogP contribution < -0.4 is 0 Å². The Labute approximate surface area is 185 Å². The molecular weight excluding hydrogens is 450 g/mol. The summed E-state index contributed by atoms with van der Waals surface area (Å²) >= 11 is 3.39. The summed E-state index contributed by atoms with van der Waals surface area (Å²) in [6, 6.07) is 5.20. The van der Waals surface area contributed by atoms with Gasteiger partial charge < -0.3 is 15.3 Å². The number of aliphatic hydroxyl groups excluding tert-OH is 2. The molecule has 1 saturated heterocycles. The molecule has 1 aliphatic heterocycles. The van der Waals surface area contributed by atoms with E-state index >= 15 is 0 Å². The van der Waals surface area contributed by atoms with Crippen molar-refractivity contribution in [3.05, 3.63) is 45.0 Å². The number of likely N-dealkylation sites (tertiary alicyclic amines) is 1. The van der Waals surface area contributed by atoms with Crippen molar-refractivity contribution in [2.75, 3.05) is 13.7 Å². The monoisotopic (exact) mass is 477 g/mol. The van der Waals surface area contributed by atoms with Gasteiger partial charge in [0.2, 0.25) is 11.8 Å². The minimum absolute atomic E-state index is 0.184. The molecule has 3 rings (SSSR count). The second kappa shape index (κ2) is 9.04. The third kappa shape index (κ3) is 4.24. The number of aromatic hydroxyl groups is 1. The molecule has 30 heavy (non-hydrogen) atoms. The number of amides is 2. The van der Waals surface area contributed by atoms with Crippen LogP contribution in [0.5, 0.6) is 5.75 Å². The van der Waals surface area contributed by atoms with Crippen molar-refractivity contribution < 1.29 is 24.9 Å². The molecule has 0 aromatic heterocycles. The first-order valence-electron chi connectivity index (χ1n) is 10.1. The van der Waals surface area contributed by atoms with Gasteiger partial charge in [-0.1, -0.05) is 33.2 Å². The van der Waals surface area contributed by atoms with Gasteiger partial charge in [0, 0.05) is 23.0 Å². The third-order valence-corrected chi connectivity index (χ3v) is 6.80. The number of rotatable bonds is 6. The van der Waals surface area contributed by atoms with Crippen LogP contribution >= 0.6 is 15.9 Å². The van der Waals surface area contributed by atoms with Crippen LogP contribution in [0.4, 0.5) is 0 Å². The fraction of sp³-hybridized carbons (Fsp3) is 0.478. The van der Waals surface area contributed by atoms with Crippen molar-refractivity contribution in [3.8, 4) is 5.75 Å². The molecule has 0 unspecified atom stereocenters. The molecule has 2 aliphatic rings. The standard InChI is InChI=1S/C23H28BrNO5/c1-12(8-14-10-15(24)5-7-18(14)27)4-6-19(28)20-13(2)9-16-21(17(20)11-26)23(30)25(3)22(16)29/h5,7-8,10,16-17,19,21,26-28H,4,6,9,11H2,1-3H3/b12-8+/t16-,17+,19-,21-/m1/s1. The smallest absolute Gasteiger partial charge is 0.233 e. The van der Waals surface area contributed by atoms with E-state index in [1.54, 1.807) is 12.1 Å². The van der Waals surface area contributed by atoms with Crippen molar-refractivity contribution in [1.29, 1.82) is 0 Å². The lowest BCUT2D eigenvalue weighted by atomic mass is 9.68. The van der Waals surface area contributed by atoms with E-state index in [2.05, 4.69) is 15.9 Å². The zero-order valence-electron chi connectivity index (χ0n) is 17.4. The largest absolute Gasteiger partial charge is 0.507 e. The fourth-order valence-electron chi connectivity index (χ4n) is 4.77. The zero-order valence-corrected chi connectivity index (χ0v) is 19.0. The van der Waals surface area contributed by atoms with Crippen LogP contribution in [0.2, 0.25) is 0 Å². The van der Waals surface area contributed by atoms with E-state index in [1.165, 1.54) is 7.05 Å². The van der Waals surface area contributed by atoms with Gasteiger partial charge in [0.15, 0.2) is 0 Å². The number of fused-ring (bicyclic) bond motifs is 1. The quantitative estimate of drug-likeness (QED) is 0.431. The number of hydrogen-bond acceptors (Lipinski definition) is 5. The molecule has 1 aromatic rings. The van der Waals surface area contributed by atoms with Crippen LogP contribution in [0.1, 0.15) is 38.7 Å². The molecule has 0 radical (unpaired) electrons. The Bertz CT molecular complexity index is 922. The highest BCUT2D eigenvalue weighted by Crippen LogP contribution is 2.45. The molecule has 2 amide bonds. The first-order chi connectivity index (χ1) is 14.1. The summed E-state index contributed by atoms with van der Waals surface area (Å²) in [6.07, 6.45) is 2.51. The van der Waals surface area contributed by atoms with Gasteiger partial charge in [-0.25, -0.2) is 0 Å². The van der Waals surface area contributed by atoms with E-state index in [0.717, 1.165) is 20.5 Å². The van der Waals surface area contributed by atoms with Crippen LogP contribution in [0.3, 0.4) is 0 Å². The number of halogens is 1. The first kappa shape index (κ1) is 22.7. The lowest BCUT2D eigenvalue weighted by Gasteiger charge is -2.35.